The van der Waals surface area contributed by atoms with Crippen molar-refractivity contribution in [2.45, 2.75) is 6.92 Å². The second-order valence-electron chi connectivity index (χ2n) is 3.49. The summed E-state index contributed by atoms with van der Waals surface area (Å²) in [7, 11) is 0. The molecule has 0 unspecified atom stereocenters. The highest BCUT2D eigenvalue weighted by Crippen LogP contribution is 2.08. The number of hydrogen-bond donors (Lipinski definition) is 3. The van der Waals surface area contributed by atoms with E-state index in [0.717, 1.165) is 0 Å². The number of nitrogens with one attached hydrogen (secondary N) is 2. The summed E-state index contributed by atoms with van der Waals surface area (Å²) in [5.41, 5.74) is -0.0554. The van der Waals surface area contributed by atoms with Crippen LogP contribution in [0.5, 0.6) is 0 Å². The van der Waals surface area contributed by atoms with Gasteiger partial charge >= 0.3 is 5.97 Å². The van der Waals surface area contributed by atoms with Gasteiger partial charge in [0.05, 0.1) is 17.7 Å². The number of carbonyl (C=O) groups excluding carboxylic acids is 2. The van der Waals surface area contributed by atoms with Crippen molar-refractivity contribution in [1.82, 2.24) is 10.6 Å². The van der Waals surface area contributed by atoms with E-state index in [1.807, 2.05) is 0 Å². The highest BCUT2D eigenvalue weighted by molar-refractivity contribution is 6.05. The molecule has 0 aliphatic heterocycles. The number of carbonyl (C=O) groups is 3. The molecule has 1 aromatic carbocycles. The van der Waals surface area contributed by atoms with E-state index < -0.39 is 11.9 Å². The van der Waals surface area contributed by atoms with E-state index >= 15 is 0 Å². The van der Waals surface area contributed by atoms with E-state index in [1.165, 1.54) is 18.2 Å². The van der Waals surface area contributed by atoms with Crippen LogP contribution in [0.2, 0.25) is 0 Å². The molecule has 0 saturated heterocycles. The summed E-state index contributed by atoms with van der Waals surface area (Å²) in [6.45, 7) is 2.06. The number of amides is 2. The molecule has 3 N–H and O–H groups in total. The molecule has 6 heteroatoms. The van der Waals surface area contributed by atoms with Gasteiger partial charge in [-0.25, -0.2) is 4.79 Å². The van der Waals surface area contributed by atoms with Crippen LogP contribution >= 0.6 is 0 Å². The zero-order valence-corrected chi connectivity index (χ0v) is 9.90. The molecule has 0 fully saturated rings. The maximum atomic E-state index is 11.7. The van der Waals surface area contributed by atoms with Crippen LogP contribution in [0.3, 0.4) is 0 Å². The van der Waals surface area contributed by atoms with Gasteiger partial charge in [0.15, 0.2) is 0 Å². The maximum Gasteiger partial charge on any atom is 0.336 e. The summed E-state index contributed by atoms with van der Waals surface area (Å²) in [5.74, 6) is -2.09. The number of likely N-dealkylation sites (N-methyl/N-ethyl adjacent to an activating group) is 1. The molecule has 18 heavy (non-hydrogen) atoms. The van der Waals surface area contributed by atoms with Crippen LogP contribution in [-0.4, -0.2) is 36.0 Å². The third-order valence-electron chi connectivity index (χ3n) is 2.19. The van der Waals surface area contributed by atoms with Gasteiger partial charge in [-0.3, -0.25) is 9.59 Å². The van der Waals surface area contributed by atoms with Crippen molar-refractivity contribution in [3.05, 3.63) is 35.4 Å². The Morgan fingerprint density at radius 3 is 2.28 bits per heavy atom. The Morgan fingerprint density at radius 2 is 1.72 bits per heavy atom. The number of carboxylic acid groups (broad SMARTS) is 1. The molecule has 0 bridgehead atoms. The van der Waals surface area contributed by atoms with Crippen LogP contribution in [0.1, 0.15) is 27.6 Å². The molecule has 96 valence electrons. The first-order chi connectivity index (χ1) is 8.56. The lowest BCUT2D eigenvalue weighted by Crippen LogP contribution is -2.37. The summed E-state index contributed by atoms with van der Waals surface area (Å²) in [6, 6.07) is 5.83. The van der Waals surface area contributed by atoms with E-state index in [2.05, 4.69) is 10.6 Å². The standard InChI is InChI=1S/C12H14N2O4/c1-2-13-10(15)7-14-11(16)8-5-3-4-6-9(8)12(17)18/h3-6H,2,7H2,1H3,(H,13,15)(H,14,16)(H,17,18). The van der Waals surface area contributed by atoms with Crippen molar-refractivity contribution < 1.29 is 19.5 Å². The Balaban J connectivity index is 2.73. The predicted octanol–water partition coefficient (Wildman–Crippen LogP) is 0.251. The Bertz CT molecular complexity index is 471. The zero-order chi connectivity index (χ0) is 13.5. The van der Waals surface area contributed by atoms with Gasteiger partial charge in [0.25, 0.3) is 5.91 Å². The lowest BCUT2D eigenvalue weighted by molar-refractivity contribution is -0.120. The number of benzene rings is 1. The van der Waals surface area contributed by atoms with Crippen LogP contribution in [-0.2, 0) is 4.79 Å². The van der Waals surface area contributed by atoms with Gasteiger partial charge in [-0.05, 0) is 19.1 Å². The molecule has 0 aromatic heterocycles. The Kier molecular flexibility index (Phi) is 4.86. The molecular formula is C12H14N2O4. The third-order valence-corrected chi connectivity index (χ3v) is 2.19. The summed E-state index contributed by atoms with van der Waals surface area (Å²) in [5, 5.41) is 13.8. The monoisotopic (exact) mass is 250 g/mol. The topological polar surface area (TPSA) is 95.5 Å². The number of aromatic carboxylic acids is 1. The van der Waals surface area contributed by atoms with Crippen molar-refractivity contribution in [2.75, 3.05) is 13.1 Å². The fraction of sp³-hybridized carbons (Fsp3) is 0.250. The van der Waals surface area contributed by atoms with Gasteiger partial charge in [-0.15, -0.1) is 0 Å². The van der Waals surface area contributed by atoms with Crippen LogP contribution in [0.15, 0.2) is 24.3 Å². The fourth-order valence-corrected chi connectivity index (χ4v) is 1.38. The first-order valence-corrected chi connectivity index (χ1v) is 5.43. The second kappa shape index (κ2) is 6.39. The number of hydrogen-bond acceptors (Lipinski definition) is 3. The summed E-state index contributed by atoms with van der Waals surface area (Å²) in [4.78, 5) is 33.8. The molecule has 1 aromatic rings. The number of carboxylic acids is 1. The molecule has 0 saturated carbocycles. The lowest BCUT2D eigenvalue weighted by atomic mass is 10.1. The van der Waals surface area contributed by atoms with Gasteiger partial charge in [0.1, 0.15) is 0 Å². The zero-order valence-electron chi connectivity index (χ0n) is 9.90. The average Bonchev–Trinajstić information content (AvgIpc) is 2.36. The molecule has 2 amide bonds. The normalized spacial score (nSPS) is 9.61. The predicted molar refractivity (Wildman–Crippen MR) is 64.4 cm³/mol. The Morgan fingerprint density at radius 1 is 1.11 bits per heavy atom. The molecule has 0 spiro atoms. The first-order valence-electron chi connectivity index (χ1n) is 5.43. The van der Waals surface area contributed by atoms with E-state index in [4.69, 9.17) is 5.11 Å². The van der Waals surface area contributed by atoms with Crippen LogP contribution in [0.25, 0.3) is 0 Å². The quantitative estimate of drug-likeness (QED) is 0.698. The lowest BCUT2D eigenvalue weighted by Gasteiger charge is -2.07. The van der Waals surface area contributed by atoms with Gasteiger partial charge in [0, 0.05) is 6.54 Å². The average molecular weight is 250 g/mol. The Labute approximate surface area is 104 Å². The van der Waals surface area contributed by atoms with Crippen molar-refractivity contribution in [2.24, 2.45) is 0 Å². The SMILES string of the molecule is CCNC(=O)CNC(=O)c1ccccc1C(=O)O. The highest BCUT2D eigenvalue weighted by Gasteiger charge is 2.15. The fourth-order valence-electron chi connectivity index (χ4n) is 1.38. The molecule has 0 heterocycles. The summed E-state index contributed by atoms with van der Waals surface area (Å²) < 4.78 is 0. The molecule has 6 nitrogen and oxygen atoms in total. The third kappa shape index (κ3) is 3.58. The van der Waals surface area contributed by atoms with Gasteiger partial charge in [-0.2, -0.15) is 0 Å². The van der Waals surface area contributed by atoms with Crippen molar-refractivity contribution in [1.29, 1.82) is 0 Å². The summed E-state index contributed by atoms with van der Waals surface area (Å²) in [6.07, 6.45) is 0. The van der Waals surface area contributed by atoms with E-state index in [1.54, 1.807) is 13.0 Å². The smallest absolute Gasteiger partial charge is 0.336 e. The van der Waals surface area contributed by atoms with Crippen molar-refractivity contribution in [3.8, 4) is 0 Å². The minimum absolute atomic E-state index is 0.0364. The molecule has 1 rings (SSSR count). The van der Waals surface area contributed by atoms with Crippen LogP contribution in [0.4, 0.5) is 0 Å². The van der Waals surface area contributed by atoms with E-state index in [-0.39, 0.29) is 23.6 Å². The largest absolute Gasteiger partial charge is 0.478 e. The first kappa shape index (κ1) is 13.7. The van der Waals surface area contributed by atoms with Crippen LogP contribution < -0.4 is 10.6 Å². The maximum absolute atomic E-state index is 11.7. The van der Waals surface area contributed by atoms with Crippen LogP contribution in [0, 0.1) is 0 Å². The molecule has 0 aliphatic rings. The summed E-state index contributed by atoms with van der Waals surface area (Å²) >= 11 is 0. The van der Waals surface area contributed by atoms with Gasteiger partial charge in [-0.1, -0.05) is 12.1 Å². The number of rotatable bonds is 5. The molecule has 0 aliphatic carbocycles. The minimum Gasteiger partial charge on any atom is -0.478 e. The molecule has 0 atom stereocenters. The van der Waals surface area contributed by atoms with E-state index in [9.17, 15) is 14.4 Å². The highest BCUT2D eigenvalue weighted by atomic mass is 16.4. The Hall–Kier alpha value is -2.37. The van der Waals surface area contributed by atoms with E-state index in [0.29, 0.717) is 6.54 Å². The second-order valence-corrected chi connectivity index (χ2v) is 3.49. The molecule has 0 radical (unpaired) electrons. The minimum atomic E-state index is -1.18. The van der Waals surface area contributed by atoms with Crippen molar-refractivity contribution >= 4 is 17.8 Å². The molecular weight excluding hydrogens is 236 g/mol. The van der Waals surface area contributed by atoms with Gasteiger partial charge < -0.3 is 15.7 Å². The van der Waals surface area contributed by atoms with Crippen molar-refractivity contribution in [3.63, 3.8) is 0 Å². The van der Waals surface area contributed by atoms with Gasteiger partial charge in [0.2, 0.25) is 5.91 Å².